The number of carbonyl (C=O) groups excluding carboxylic acids is 1. The minimum absolute atomic E-state index is 0.0222. The molecule has 2 aromatic carbocycles. The molecule has 3 aromatic rings. The Morgan fingerprint density at radius 2 is 1.65 bits per heavy atom. The zero-order valence-electron chi connectivity index (χ0n) is 17.0. The molecule has 0 aliphatic heterocycles. The normalized spacial score (nSPS) is 12.1. The van der Waals surface area contributed by atoms with Gasteiger partial charge in [0.25, 0.3) is 11.7 Å². The SMILES string of the molecule is CC(C)(C)c1ccc(Oc2c(C(F)(F)F)oc3cc(OCC(N)=O)ccc3c2=O)cc1. The van der Waals surface area contributed by atoms with E-state index in [2.05, 4.69) is 0 Å². The van der Waals surface area contributed by atoms with Crippen LogP contribution in [0.3, 0.4) is 0 Å². The van der Waals surface area contributed by atoms with Crippen molar-refractivity contribution < 1.29 is 31.9 Å². The summed E-state index contributed by atoms with van der Waals surface area (Å²) < 4.78 is 56.3. The van der Waals surface area contributed by atoms with Gasteiger partial charge in [0.05, 0.1) is 5.39 Å². The van der Waals surface area contributed by atoms with E-state index < -0.39 is 35.6 Å². The zero-order chi connectivity index (χ0) is 23.0. The summed E-state index contributed by atoms with van der Waals surface area (Å²) in [5.41, 5.74) is 4.41. The van der Waals surface area contributed by atoms with Gasteiger partial charge < -0.3 is 19.6 Å². The fraction of sp³-hybridized carbons (Fsp3) is 0.273. The van der Waals surface area contributed by atoms with Crippen LogP contribution >= 0.6 is 0 Å². The lowest BCUT2D eigenvalue weighted by molar-refractivity contribution is -0.154. The van der Waals surface area contributed by atoms with Crippen molar-refractivity contribution in [2.75, 3.05) is 6.61 Å². The Balaban J connectivity index is 2.07. The van der Waals surface area contributed by atoms with Gasteiger partial charge in [-0.25, -0.2) is 0 Å². The van der Waals surface area contributed by atoms with Gasteiger partial charge in [0, 0.05) is 6.07 Å². The van der Waals surface area contributed by atoms with Crippen molar-refractivity contribution in [1.82, 2.24) is 0 Å². The van der Waals surface area contributed by atoms with Crippen LogP contribution in [0, 0.1) is 0 Å². The fourth-order valence-electron chi connectivity index (χ4n) is 2.82. The van der Waals surface area contributed by atoms with E-state index in [-0.39, 0.29) is 27.9 Å². The van der Waals surface area contributed by atoms with Crippen LogP contribution in [0.25, 0.3) is 11.0 Å². The molecule has 0 saturated heterocycles. The van der Waals surface area contributed by atoms with E-state index in [9.17, 15) is 22.8 Å². The van der Waals surface area contributed by atoms with Gasteiger partial charge in [0.15, 0.2) is 6.61 Å². The lowest BCUT2D eigenvalue weighted by Crippen LogP contribution is -2.20. The molecule has 9 heteroatoms. The van der Waals surface area contributed by atoms with Crippen LogP contribution in [-0.4, -0.2) is 12.5 Å². The molecule has 6 nitrogen and oxygen atoms in total. The molecule has 1 amide bonds. The maximum Gasteiger partial charge on any atom is 0.453 e. The number of hydrogen-bond donors (Lipinski definition) is 1. The highest BCUT2D eigenvalue weighted by Gasteiger charge is 2.40. The first-order valence-electron chi connectivity index (χ1n) is 9.24. The molecule has 0 bridgehead atoms. The van der Waals surface area contributed by atoms with Crippen molar-refractivity contribution >= 4 is 16.9 Å². The Morgan fingerprint density at radius 1 is 1.03 bits per heavy atom. The lowest BCUT2D eigenvalue weighted by Gasteiger charge is -2.19. The molecule has 1 aromatic heterocycles. The van der Waals surface area contributed by atoms with Gasteiger partial charge in [0.2, 0.25) is 11.2 Å². The third-order valence-electron chi connectivity index (χ3n) is 4.40. The summed E-state index contributed by atoms with van der Waals surface area (Å²) in [5, 5.41) is -0.138. The number of rotatable bonds is 5. The van der Waals surface area contributed by atoms with Gasteiger partial charge in [0.1, 0.15) is 17.1 Å². The Morgan fingerprint density at radius 3 is 2.19 bits per heavy atom. The fourth-order valence-corrected chi connectivity index (χ4v) is 2.82. The Labute approximate surface area is 175 Å². The molecule has 0 aliphatic rings. The molecule has 2 N–H and O–H groups in total. The highest BCUT2D eigenvalue weighted by molar-refractivity contribution is 5.80. The van der Waals surface area contributed by atoms with Gasteiger partial charge in [-0.15, -0.1) is 0 Å². The molecule has 31 heavy (non-hydrogen) atoms. The highest BCUT2D eigenvalue weighted by atomic mass is 19.4. The quantitative estimate of drug-likeness (QED) is 0.624. The maximum atomic E-state index is 13.6. The molecular weight excluding hydrogens is 415 g/mol. The van der Waals surface area contributed by atoms with E-state index in [0.29, 0.717) is 0 Å². The van der Waals surface area contributed by atoms with Crippen LogP contribution in [0.4, 0.5) is 13.2 Å². The molecule has 0 aliphatic carbocycles. The number of amides is 1. The topological polar surface area (TPSA) is 91.8 Å². The summed E-state index contributed by atoms with van der Waals surface area (Å²) in [6.45, 7) is 5.49. The summed E-state index contributed by atoms with van der Waals surface area (Å²) in [6, 6.07) is 10.0. The van der Waals surface area contributed by atoms with Crippen LogP contribution in [-0.2, 0) is 16.4 Å². The monoisotopic (exact) mass is 435 g/mol. The van der Waals surface area contributed by atoms with Gasteiger partial charge >= 0.3 is 6.18 Å². The average molecular weight is 435 g/mol. The van der Waals surface area contributed by atoms with Crippen molar-refractivity contribution in [2.24, 2.45) is 5.73 Å². The number of fused-ring (bicyclic) bond motifs is 1. The first-order chi connectivity index (χ1) is 14.4. The second kappa shape index (κ2) is 7.98. The third kappa shape index (κ3) is 4.99. The predicted octanol–water partition coefficient (Wildman–Crippen LogP) is 4.77. The second-order valence-electron chi connectivity index (χ2n) is 7.88. The number of primary amides is 1. The van der Waals surface area contributed by atoms with E-state index >= 15 is 0 Å². The molecule has 0 saturated carbocycles. The summed E-state index contributed by atoms with van der Waals surface area (Å²) >= 11 is 0. The maximum absolute atomic E-state index is 13.6. The number of ether oxygens (including phenoxy) is 2. The molecule has 164 valence electrons. The molecule has 0 atom stereocenters. The van der Waals surface area contributed by atoms with Crippen LogP contribution in [0.15, 0.2) is 51.7 Å². The van der Waals surface area contributed by atoms with Crippen molar-refractivity contribution in [3.63, 3.8) is 0 Å². The molecule has 0 spiro atoms. The molecule has 0 fully saturated rings. The van der Waals surface area contributed by atoms with E-state index in [1.165, 1.54) is 24.3 Å². The summed E-state index contributed by atoms with van der Waals surface area (Å²) in [5.74, 6) is -3.22. The first-order valence-corrected chi connectivity index (χ1v) is 9.24. The van der Waals surface area contributed by atoms with E-state index in [4.69, 9.17) is 19.6 Å². The van der Waals surface area contributed by atoms with E-state index in [1.54, 1.807) is 12.1 Å². The standard InChI is InChI=1S/C22H20F3NO5/c1-21(2,3)12-4-6-13(7-5-12)30-19-18(28)15-9-8-14(29-11-17(26)27)10-16(15)31-20(19)22(23,24)25/h4-10H,11H2,1-3H3,(H2,26,27). The first kappa shape index (κ1) is 22.2. The van der Waals surface area contributed by atoms with Crippen molar-refractivity contribution in [1.29, 1.82) is 0 Å². The van der Waals surface area contributed by atoms with Crippen molar-refractivity contribution in [3.05, 3.63) is 64.0 Å². The van der Waals surface area contributed by atoms with Gasteiger partial charge in [-0.1, -0.05) is 32.9 Å². The molecular formula is C22H20F3NO5. The number of benzene rings is 2. The molecule has 0 radical (unpaired) electrons. The van der Waals surface area contributed by atoms with Gasteiger partial charge in [-0.2, -0.15) is 13.2 Å². The highest BCUT2D eigenvalue weighted by Crippen LogP contribution is 2.39. The van der Waals surface area contributed by atoms with Crippen LogP contribution < -0.4 is 20.6 Å². The minimum Gasteiger partial charge on any atom is -0.484 e. The summed E-state index contributed by atoms with van der Waals surface area (Å²) in [7, 11) is 0. The molecule has 1 heterocycles. The van der Waals surface area contributed by atoms with Crippen LogP contribution in [0.1, 0.15) is 32.1 Å². The Bertz CT molecular complexity index is 1180. The van der Waals surface area contributed by atoms with Crippen LogP contribution in [0.2, 0.25) is 0 Å². The lowest BCUT2D eigenvalue weighted by atomic mass is 9.87. The van der Waals surface area contributed by atoms with E-state index in [0.717, 1.165) is 11.6 Å². The zero-order valence-corrected chi connectivity index (χ0v) is 17.0. The number of halogens is 3. The van der Waals surface area contributed by atoms with Gasteiger partial charge in [-0.05, 0) is 35.2 Å². The van der Waals surface area contributed by atoms with Crippen LogP contribution in [0.5, 0.6) is 17.2 Å². The largest absolute Gasteiger partial charge is 0.484 e. The number of carbonyl (C=O) groups is 1. The average Bonchev–Trinajstić information content (AvgIpc) is 2.67. The Hall–Kier alpha value is -3.49. The number of hydrogen-bond acceptors (Lipinski definition) is 5. The van der Waals surface area contributed by atoms with Crippen molar-refractivity contribution in [2.45, 2.75) is 32.4 Å². The number of nitrogens with two attached hydrogens (primary N) is 1. The Kier molecular flexibility index (Phi) is 5.71. The molecule has 0 unspecified atom stereocenters. The second-order valence-corrected chi connectivity index (χ2v) is 7.88. The third-order valence-corrected chi connectivity index (χ3v) is 4.40. The minimum atomic E-state index is -4.99. The smallest absolute Gasteiger partial charge is 0.453 e. The number of alkyl halides is 3. The molecule has 3 rings (SSSR count). The van der Waals surface area contributed by atoms with Crippen molar-refractivity contribution in [3.8, 4) is 17.2 Å². The summed E-state index contributed by atoms with van der Waals surface area (Å²) in [6.07, 6.45) is -4.99. The van der Waals surface area contributed by atoms with Gasteiger partial charge in [-0.3, -0.25) is 9.59 Å². The van der Waals surface area contributed by atoms with E-state index in [1.807, 2.05) is 20.8 Å². The summed E-state index contributed by atoms with van der Waals surface area (Å²) in [4.78, 5) is 23.6. The predicted molar refractivity (Wildman–Crippen MR) is 107 cm³/mol.